The van der Waals surface area contributed by atoms with Crippen molar-refractivity contribution in [3.63, 3.8) is 0 Å². The molecule has 0 aliphatic carbocycles. The van der Waals surface area contributed by atoms with Crippen molar-refractivity contribution in [3.05, 3.63) is 23.6 Å². The van der Waals surface area contributed by atoms with Gasteiger partial charge in [-0.15, -0.1) is 0 Å². The largest absolute Gasteiger partial charge is 0.281 e. The number of allylic oxidation sites excluding steroid dienone is 1. The highest BCUT2D eigenvalue weighted by Crippen LogP contribution is 2.06. The third kappa shape index (κ3) is 4.60. The topological polar surface area (TPSA) is 34.1 Å². The monoisotopic (exact) mass is 190 g/mol. The third-order valence-corrected chi connectivity index (χ3v) is 1.15. The van der Waals surface area contributed by atoms with Gasteiger partial charge in [-0.2, -0.15) is 0 Å². The zero-order valence-corrected chi connectivity index (χ0v) is 7.00. The van der Waals surface area contributed by atoms with Crippen LogP contribution in [-0.4, -0.2) is 10.5 Å². The Morgan fingerprint density at radius 2 is 1.91 bits per heavy atom. The summed E-state index contributed by atoms with van der Waals surface area (Å²) < 4.78 is 0. The van der Waals surface area contributed by atoms with Crippen molar-refractivity contribution >= 4 is 33.7 Å². The summed E-state index contributed by atoms with van der Waals surface area (Å²) in [5.41, 5.74) is 4.46. The maximum Gasteiger partial charge on any atom is 0.257 e. The second-order valence-electron chi connectivity index (χ2n) is 1.59. The van der Waals surface area contributed by atoms with Gasteiger partial charge in [0.1, 0.15) is 0 Å². The van der Waals surface area contributed by atoms with Gasteiger partial charge in [0.15, 0.2) is 0 Å². The number of carbonyl (C=O) groups excluding carboxylic acids is 2. The standard InChI is InChI=1S/C7H4Cl2O2/c1-2-3-5(7(9)11)4-6(8)10/h1,4H2. The first-order valence-corrected chi connectivity index (χ1v) is 3.35. The minimum Gasteiger partial charge on any atom is -0.281 e. The van der Waals surface area contributed by atoms with Crippen molar-refractivity contribution < 1.29 is 9.59 Å². The van der Waals surface area contributed by atoms with E-state index in [1.165, 1.54) is 0 Å². The van der Waals surface area contributed by atoms with E-state index in [1.54, 1.807) is 0 Å². The fourth-order valence-electron chi connectivity index (χ4n) is 0.409. The minimum atomic E-state index is -0.768. The van der Waals surface area contributed by atoms with E-state index >= 15 is 0 Å². The van der Waals surface area contributed by atoms with Gasteiger partial charge in [-0.25, -0.2) is 0 Å². The zero-order chi connectivity index (χ0) is 8.85. The second kappa shape index (κ2) is 4.95. The van der Waals surface area contributed by atoms with Crippen LogP contribution in [0.25, 0.3) is 0 Å². The molecule has 0 aromatic heterocycles. The summed E-state index contributed by atoms with van der Waals surface area (Å²) in [5.74, 6) is 0. The average molecular weight is 191 g/mol. The van der Waals surface area contributed by atoms with Crippen LogP contribution in [0.4, 0.5) is 0 Å². The highest BCUT2D eigenvalue weighted by molar-refractivity contribution is 6.69. The van der Waals surface area contributed by atoms with Crippen LogP contribution in [0.3, 0.4) is 0 Å². The van der Waals surface area contributed by atoms with Crippen LogP contribution in [0.15, 0.2) is 23.6 Å². The van der Waals surface area contributed by atoms with Gasteiger partial charge in [0, 0.05) is 0 Å². The highest BCUT2D eigenvalue weighted by atomic mass is 35.5. The predicted octanol–water partition coefficient (Wildman–Crippen LogP) is 1.77. The molecule has 0 spiro atoms. The Labute approximate surface area is 73.8 Å². The van der Waals surface area contributed by atoms with Crippen molar-refractivity contribution in [2.75, 3.05) is 0 Å². The van der Waals surface area contributed by atoms with Crippen molar-refractivity contribution in [1.29, 1.82) is 0 Å². The molecule has 0 N–H and O–H groups in total. The fraction of sp³-hybridized carbons (Fsp3) is 0.143. The summed E-state index contributed by atoms with van der Waals surface area (Å²) >= 11 is 10.0. The summed E-state index contributed by atoms with van der Waals surface area (Å²) in [6.45, 7) is 3.17. The number of carbonyl (C=O) groups is 2. The van der Waals surface area contributed by atoms with Gasteiger partial charge in [0.05, 0.1) is 12.0 Å². The second-order valence-corrected chi connectivity index (χ2v) is 2.35. The molecule has 0 radical (unpaired) electrons. The molecule has 58 valence electrons. The van der Waals surface area contributed by atoms with Crippen molar-refractivity contribution in [2.45, 2.75) is 6.42 Å². The molecule has 0 bridgehead atoms. The Morgan fingerprint density at radius 3 is 2.18 bits per heavy atom. The molecule has 11 heavy (non-hydrogen) atoms. The van der Waals surface area contributed by atoms with Crippen LogP contribution in [0.2, 0.25) is 0 Å². The Balaban J connectivity index is 4.65. The van der Waals surface area contributed by atoms with Crippen LogP contribution in [0, 0.1) is 0 Å². The summed E-state index contributed by atoms with van der Waals surface area (Å²) in [6.07, 6.45) is -0.244. The van der Waals surface area contributed by atoms with E-state index in [0.29, 0.717) is 0 Å². The van der Waals surface area contributed by atoms with E-state index in [4.69, 9.17) is 23.2 Å². The van der Waals surface area contributed by atoms with Gasteiger partial charge in [0.2, 0.25) is 5.24 Å². The van der Waals surface area contributed by atoms with Crippen molar-refractivity contribution in [3.8, 4) is 0 Å². The number of halogens is 2. The highest BCUT2D eigenvalue weighted by Gasteiger charge is 2.08. The lowest BCUT2D eigenvalue weighted by atomic mass is 10.2. The molecule has 0 aromatic carbocycles. The number of rotatable bonds is 3. The molecule has 0 heterocycles. The molecular formula is C7H4Cl2O2. The Hall–Kier alpha value is -0.780. The van der Waals surface area contributed by atoms with Crippen LogP contribution < -0.4 is 0 Å². The smallest absolute Gasteiger partial charge is 0.257 e. The van der Waals surface area contributed by atoms with Gasteiger partial charge < -0.3 is 0 Å². The number of hydrogen-bond acceptors (Lipinski definition) is 2. The summed E-state index contributed by atoms with van der Waals surface area (Å²) in [5, 5.41) is -1.44. The molecule has 0 fully saturated rings. The minimum absolute atomic E-state index is 0.0262. The normalized spacial score (nSPS) is 7.82. The SMILES string of the molecule is C=C=C=C(CC(=O)Cl)C(=O)Cl. The summed E-state index contributed by atoms with van der Waals surface area (Å²) in [6, 6.07) is 0. The number of hydrogen-bond donors (Lipinski definition) is 0. The van der Waals surface area contributed by atoms with E-state index in [2.05, 4.69) is 18.0 Å². The first kappa shape index (κ1) is 10.2. The molecule has 0 amide bonds. The van der Waals surface area contributed by atoms with Crippen molar-refractivity contribution in [2.24, 2.45) is 0 Å². The molecule has 0 aliphatic heterocycles. The average Bonchev–Trinajstić information content (AvgIpc) is 1.86. The first-order valence-electron chi connectivity index (χ1n) is 2.60. The Morgan fingerprint density at radius 1 is 1.36 bits per heavy atom. The summed E-state index contributed by atoms with van der Waals surface area (Å²) in [7, 11) is 0. The summed E-state index contributed by atoms with van der Waals surface area (Å²) in [4.78, 5) is 20.7. The van der Waals surface area contributed by atoms with Crippen LogP contribution in [0.1, 0.15) is 6.42 Å². The van der Waals surface area contributed by atoms with E-state index in [1.807, 2.05) is 0 Å². The van der Waals surface area contributed by atoms with Gasteiger partial charge >= 0.3 is 0 Å². The zero-order valence-electron chi connectivity index (χ0n) is 5.49. The Bertz CT molecular complexity index is 268. The van der Waals surface area contributed by atoms with Gasteiger partial charge in [-0.1, -0.05) is 11.5 Å². The van der Waals surface area contributed by atoms with E-state index in [-0.39, 0.29) is 12.0 Å². The van der Waals surface area contributed by atoms with Crippen molar-refractivity contribution in [1.82, 2.24) is 0 Å². The van der Waals surface area contributed by atoms with Gasteiger partial charge in [0.25, 0.3) is 5.24 Å². The molecule has 4 heteroatoms. The van der Waals surface area contributed by atoms with Crippen LogP contribution in [0.5, 0.6) is 0 Å². The predicted molar refractivity (Wildman–Crippen MR) is 42.5 cm³/mol. The molecule has 0 aromatic rings. The molecule has 2 nitrogen and oxygen atoms in total. The Kier molecular flexibility index (Phi) is 4.60. The molecule has 0 rings (SSSR count). The van der Waals surface area contributed by atoms with E-state index in [9.17, 15) is 9.59 Å². The maximum absolute atomic E-state index is 10.5. The van der Waals surface area contributed by atoms with Crippen LogP contribution in [-0.2, 0) is 9.59 Å². The molecule has 0 saturated heterocycles. The molecule has 0 unspecified atom stereocenters. The molecule has 0 saturated carbocycles. The quantitative estimate of drug-likeness (QED) is 0.387. The first-order chi connectivity index (χ1) is 5.07. The van der Waals surface area contributed by atoms with Gasteiger partial charge in [-0.3, -0.25) is 9.59 Å². The van der Waals surface area contributed by atoms with E-state index in [0.717, 1.165) is 0 Å². The fourth-order valence-corrected chi connectivity index (χ4v) is 0.656. The molecular weight excluding hydrogens is 187 g/mol. The maximum atomic E-state index is 10.5. The van der Waals surface area contributed by atoms with E-state index < -0.39 is 10.5 Å². The molecule has 0 aliphatic rings. The lowest BCUT2D eigenvalue weighted by Crippen LogP contribution is -1.96. The van der Waals surface area contributed by atoms with Crippen LogP contribution >= 0.6 is 23.2 Å². The lowest BCUT2D eigenvalue weighted by Gasteiger charge is -1.89. The lowest BCUT2D eigenvalue weighted by molar-refractivity contribution is -0.113. The third-order valence-electron chi connectivity index (χ3n) is 0.792. The van der Waals surface area contributed by atoms with Gasteiger partial charge in [-0.05, 0) is 29.8 Å². The molecule has 0 atom stereocenters.